The Bertz CT molecular complexity index is 817. The largest absolute Gasteiger partial charge is 0.374 e. The molecule has 2 atom stereocenters. The van der Waals surface area contributed by atoms with E-state index < -0.39 is 21.3 Å². The van der Waals surface area contributed by atoms with Gasteiger partial charge in [0, 0.05) is 29.8 Å². The van der Waals surface area contributed by atoms with Crippen molar-refractivity contribution in [2.24, 2.45) is 0 Å². The molecule has 9 nitrogen and oxygen atoms in total. The van der Waals surface area contributed by atoms with E-state index in [0.29, 0.717) is 5.56 Å². The number of nitro groups is 2. The molecular weight excluding hydrogens is 364 g/mol. The molecule has 2 aromatic carbocycles. The molecule has 0 fully saturated rings. The van der Waals surface area contributed by atoms with Gasteiger partial charge in [0.2, 0.25) is 0 Å². The van der Waals surface area contributed by atoms with Crippen LogP contribution >= 0.6 is 11.6 Å². The molecule has 2 unspecified atom stereocenters. The summed E-state index contributed by atoms with van der Waals surface area (Å²) >= 11 is 5.58. The second-order valence-corrected chi connectivity index (χ2v) is 5.16. The van der Waals surface area contributed by atoms with Crippen molar-refractivity contribution in [3.63, 3.8) is 0 Å². The van der Waals surface area contributed by atoms with E-state index in [0.717, 1.165) is 0 Å². The molecule has 0 aliphatic rings. The first-order valence-corrected chi connectivity index (χ1v) is 7.34. The molecule has 0 radical (unpaired) electrons. The van der Waals surface area contributed by atoms with Gasteiger partial charge in [-0.2, -0.15) is 10.5 Å². The molecule has 2 rings (SSSR count). The Morgan fingerprint density at radius 1 is 0.923 bits per heavy atom. The average Bonchev–Trinajstić information content (AvgIpc) is 2.67. The van der Waals surface area contributed by atoms with Crippen LogP contribution in [0.4, 0.5) is 11.4 Å². The van der Waals surface area contributed by atoms with E-state index in [1.807, 2.05) is 0 Å². The van der Waals surface area contributed by atoms with Crippen LogP contribution in [0.5, 0.6) is 0 Å². The van der Waals surface area contributed by atoms with E-state index in [4.69, 9.17) is 27.2 Å². The Labute approximate surface area is 152 Å². The molecule has 10 heteroatoms. The van der Waals surface area contributed by atoms with Crippen molar-refractivity contribution in [3.05, 3.63) is 79.9 Å². The fourth-order valence-electron chi connectivity index (χ4n) is 1.75. The molecule has 2 aromatic rings. The van der Waals surface area contributed by atoms with Gasteiger partial charge < -0.3 is 5.11 Å². The predicted octanol–water partition coefficient (Wildman–Crippen LogP) is 3.55. The Kier molecular flexibility index (Phi) is 7.65. The second-order valence-electron chi connectivity index (χ2n) is 4.73. The van der Waals surface area contributed by atoms with Gasteiger partial charge >= 0.3 is 0 Å². The summed E-state index contributed by atoms with van der Waals surface area (Å²) in [6.07, 6.45) is -1.31. The maximum Gasteiger partial charge on any atom is 0.269 e. The first kappa shape index (κ1) is 20.5. The molecule has 0 bridgehead atoms. The van der Waals surface area contributed by atoms with Gasteiger partial charge in [-0.05, 0) is 5.56 Å². The molecule has 0 amide bonds. The van der Waals surface area contributed by atoms with Crippen molar-refractivity contribution in [2.75, 3.05) is 0 Å². The Morgan fingerprint density at radius 3 is 1.81 bits per heavy atom. The number of hydrogen-bond acceptors (Lipinski definition) is 7. The summed E-state index contributed by atoms with van der Waals surface area (Å²) < 4.78 is 0. The Balaban J connectivity index is 0.000000260. The number of benzene rings is 2. The molecule has 0 aliphatic heterocycles. The molecule has 0 heterocycles. The van der Waals surface area contributed by atoms with E-state index in [-0.39, 0.29) is 16.9 Å². The molecule has 0 aromatic heterocycles. The lowest BCUT2D eigenvalue weighted by Crippen LogP contribution is -1.95. The molecule has 0 saturated carbocycles. The summed E-state index contributed by atoms with van der Waals surface area (Å²) in [6.45, 7) is 0. The van der Waals surface area contributed by atoms with Crippen LogP contribution in [0.1, 0.15) is 22.6 Å². The van der Waals surface area contributed by atoms with Crippen LogP contribution < -0.4 is 0 Å². The number of hydrogen-bond donors (Lipinski definition) is 1. The Hall–Kier alpha value is -3.53. The minimum absolute atomic E-state index is 0.0570. The summed E-state index contributed by atoms with van der Waals surface area (Å²) in [6, 6.07) is 14.4. The maximum atomic E-state index is 10.3. The third-order valence-electron chi connectivity index (χ3n) is 3.01. The number of halogens is 1. The van der Waals surface area contributed by atoms with Gasteiger partial charge in [-0.25, -0.2) is 0 Å². The fourth-order valence-corrected chi connectivity index (χ4v) is 1.89. The van der Waals surface area contributed by atoms with Crippen molar-refractivity contribution in [2.45, 2.75) is 11.5 Å². The fraction of sp³-hybridized carbons (Fsp3) is 0.125. The minimum atomic E-state index is -1.31. The monoisotopic (exact) mass is 374 g/mol. The van der Waals surface area contributed by atoms with E-state index in [9.17, 15) is 20.2 Å². The minimum Gasteiger partial charge on any atom is -0.374 e. The zero-order chi connectivity index (χ0) is 19.7. The van der Waals surface area contributed by atoms with E-state index in [1.54, 1.807) is 18.2 Å². The molecule has 0 spiro atoms. The van der Waals surface area contributed by atoms with Crippen molar-refractivity contribution in [1.82, 2.24) is 0 Å². The van der Waals surface area contributed by atoms with Gasteiger partial charge in [0.05, 0.1) is 22.0 Å². The van der Waals surface area contributed by atoms with Gasteiger partial charge in [0.25, 0.3) is 11.4 Å². The molecule has 0 aliphatic carbocycles. The number of nitriles is 2. The highest BCUT2D eigenvalue weighted by atomic mass is 35.5. The van der Waals surface area contributed by atoms with Crippen LogP contribution in [0.25, 0.3) is 0 Å². The molecule has 1 N–H and O–H groups in total. The van der Waals surface area contributed by atoms with Gasteiger partial charge in [-0.15, -0.1) is 11.6 Å². The molecular formula is C16H11ClN4O5. The highest BCUT2D eigenvalue weighted by Crippen LogP contribution is 2.23. The number of non-ortho nitro benzene ring substituents is 2. The summed E-state index contributed by atoms with van der Waals surface area (Å²) in [4.78, 5) is 19.5. The van der Waals surface area contributed by atoms with Crippen molar-refractivity contribution in [1.29, 1.82) is 10.5 Å². The summed E-state index contributed by atoms with van der Waals surface area (Å²) in [5.74, 6) is 0. The first-order valence-electron chi connectivity index (χ1n) is 6.90. The molecule has 26 heavy (non-hydrogen) atoms. The standard InChI is InChI=1S/C8H5ClN2O2.C8H6N2O3/c9-8(5-10)6-2-1-3-7(4-6)11(12)13;9-5-8(11)6-2-1-3-7(4-6)10(12)13/h1-4,8H;1-4,8,11H. The number of nitro benzene ring substituents is 2. The lowest BCUT2D eigenvalue weighted by molar-refractivity contribution is -0.385. The van der Waals surface area contributed by atoms with Crippen LogP contribution in [-0.4, -0.2) is 15.0 Å². The highest BCUT2D eigenvalue weighted by Gasteiger charge is 2.11. The van der Waals surface area contributed by atoms with Crippen LogP contribution in [0.15, 0.2) is 48.5 Å². The summed E-state index contributed by atoms with van der Waals surface area (Å²) in [7, 11) is 0. The third-order valence-corrected chi connectivity index (χ3v) is 3.36. The maximum absolute atomic E-state index is 10.3. The zero-order valence-electron chi connectivity index (χ0n) is 13.0. The van der Waals surface area contributed by atoms with Crippen LogP contribution in [0.3, 0.4) is 0 Å². The van der Waals surface area contributed by atoms with Gasteiger partial charge in [-0.1, -0.05) is 24.3 Å². The van der Waals surface area contributed by atoms with Crippen LogP contribution in [0, 0.1) is 42.9 Å². The second kappa shape index (κ2) is 9.69. The summed E-state index contributed by atoms with van der Waals surface area (Å²) in [5, 5.41) is 45.7. The number of nitrogens with zero attached hydrogens (tertiary/aromatic N) is 4. The molecule has 132 valence electrons. The topological polar surface area (TPSA) is 154 Å². The predicted molar refractivity (Wildman–Crippen MR) is 91.0 cm³/mol. The van der Waals surface area contributed by atoms with Crippen molar-refractivity contribution >= 4 is 23.0 Å². The quantitative estimate of drug-likeness (QED) is 0.371. The number of rotatable bonds is 4. The van der Waals surface area contributed by atoms with E-state index >= 15 is 0 Å². The van der Waals surface area contributed by atoms with Crippen molar-refractivity contribution in [3.8, 4) is 12.1 Å². The smallest absolute Gasteiger partial charge is 0.269 e. The van der Waals surface area contributed by atoms with Crippen LogP contribution in [0.2, 0.25) is 0 Å². The third kappa shape index (κ3) is 5.83. The first-order chi connectivity index (χ1) is 12.3. The Morgan fingerprint density at radius 2 is 1.38 bits per heavy atom. The highest BCUT2D eigenvalue weighted by molar-refractivity contribution is 6.22. The van der Waals surface area contributed by atoms with Gasteiger partial charge in [0.15, 0.2) is 6.10 Å². The van der Waals surface area contributed by atoms with Crippen LogP contribution in [-0.2, 0) is 0 Å². The number of aliphatic hydroxyl groups is 1. The normalized spacial score (nSPS) is 11.7. The number of aliphatic hydroxyl groups excluding tert-OH is 1. The lowest BCUT2D eigenvalue weighted by atomic mass is 10.1. The molecule has 0 saturated heterocycles. The average molecular weight is 375 g/mol. The number of alkyl halides is 1. The van der Waals surface area contributed by atoms with E-state index in [2.05, 4.69) is 0 Å². The SMILES string of the molecule is N#CC(Cl)c1cccc([N+](=O)[O-])c1.N#CC(O)c1cccc([N+](=O)[O-])c1. The van der Waals surface area contributed by atoms with Gasteiger partial charge in [-0.3, -0.25) is 20.2 Å². The van der Waals surface area contributed by atoms with E-state index in [1.165, 1.54) is 42.5 Å². The zero-order valence-corrected chi connectivity index (χ0v) is 13.8. The van der Waals surface area contributed by atoms with Gasteiger partial charge in [0.1, 0.15) is 5.38 Å². The van der Waals surface area contributed by atoms with Crippen molar-refractivity contribution < 1.29 is 15.0 Å². The summed E-state index contributed by atoms with van der Waals surface area (Å²) in [5.41, 5.74) is 0.486. The lowest BCUT2D eigenvalue weighted by Gasteiger charge is -2.00.